The van der Waals surface area contributed by atoms with Crippen molar-refractivity contribution in [2.24, 2.45) is 0 Å². The maximum atomic E-state index is 14.3. The number of amides is 1. The van der Waals surface area contributed by atoms with Gasteiger partial charge in [-0.3, -0.25) is 4.79 Å². The minimum Gasteiger partial charge on any atom is -0.340 e. The summed E-state index contributed by atoms with van der Waals surface area (Å²) in [5.41, 5.74) is 0.523. The van der Waals surface area contributed by atoms with Crippen LogP contribution in [0.3, 0.4) is 0 Å². The van der Waals surface area contributed by atoms with Crippen molar-refractivity contribution in [2.45, 2.75) is 18.9 Å². The molecule has 0 radical (unpaired) electrons. The number of aromatic nitrogens is 2. The van der Waals surface area contributed by atoms with Gasteiger partial charge in [0, 0.05) is 38.6 Å². The molecule has 0 N–H and O–H groups in total. The SMILES string of the molecule is CN(CCN(C)C1CC1)C(=O)c1c(F)cccc1-n1cccn1. The fraction of sp³-hybridized carbons (Fsp3) is 0.412. The minimum absolute atomic E-state index is 0.0628. The second-order valence-corrected chi connectivity index (χ2v) is 6.02. The third-order valence-electron chi connectivity index (χ3n) is 4.26. The molecule has 1 amide bonds. The van der Waals surface area contributed by atoms with Crippen molar-refractivity contribution in [1.82, 2.24) is 19.6 Å². The molecule has 0 spiro atoms. The number of hydrogen-bond donors (Lipinski definition) is 0. The van der Waals surface area contributed by atoms with E-state index in [2.05, 4.69) is 17.0 Å². The first-order valence-electron chi connectivity index (χ1n) is 7.82. The van der Waals surface area contributed by atoms with Crippen LogP contribution in [0.25, 0.3) is 5.69 Å². The third kappa shape index (κ3) is 3.42. The third-order valence-corrected chi connectivity index (χ3v) is 4.26. The molecule has 1 aliphatic carbocycles. The second-order valence-electron chi connectivity index (χ2n) is 6.02. The molecule has 1 aromatic heterocycles. The van der Waals surface area contributed by atoms with Crippen molar-refractivity contribution in [1.29, 1.82) is 0 Å². The van der Waals surface area contributed by atoms with Gasteiger partial charge in [-0.05, 0) is 38.1 Å². The average Bonchev–Trinajstić information content (AvgIpc) is 3.26. The maximum absolute atomic E-state index is 14.3. The van der Waals surface area contributed by atoms with Crippen LogP contribution in [0, 0.1) is 5.82 Å². The van der Waals surface area contributed by atoms with Crippen molar-refractivity contribution in [3.05, 3.63) is 48.0 Å². The van der Waals surface area contributed by atoms with Crippen LogP contribution in [-0.4, -0.2) is 58.7 Å². The predicted molar refractivity (Wildman–Crippen MR) is 86.1 cm³/mol. The fourth-order valence-electron chi connectivity index (χ4n) is 2.62. The van der Waals surface area contributed by atoms with Gasteiger partial charge >= 0.3 is 0 Å². The fourth-order valence-corrected chi connectivity index (χ4v) is 2.62. The Hall–Kier alpha value is -2.21. The number of rotatable bonds is 6. The summed E-state index contributed by atoms with van der Waals surface area (Å²) in [6.07, 6.45) is 5.76. The highest BCUT2D eigenvalue weighted by atomic mass is 19.1. The summed E-state index contributed by atoms with van der Waals surface area (Å²) >= 11 is 0. The molecule has 1 heterocycles. The summed E-state index contributed by atoms with van der Waals surface area (Å²) in [4.78, 5) is 16.5. The van der Waals surface area contributed by atoms with Gasteiger partial charge in [-0.15, -0.1) is 0 Å². The Morgan fingerprint density at radius 2 is 2.09 bits per heavy atom. The Balaban J connectivity index is 1.78. The molecule has 0 bridgehead atoms. The first-order valence-corrected chi connectivity index (χ1v) is 7.82. The van der Waals surface area contributed by atoms with E-state index in [0.29, 0.717) is 18.3 Å². The number of carbonyl (C=O) groups excluding carboxylic acids is 1. The number of likely N-dealkylation sites (N-methyl/N-ethyl adjacent to an activating group) is 2. The highest BCUT2D eigenvalue weighted by Gasteiger charge is 2.27. The molecule has 0 unspecified atom stereocenters. The molecule has 23 heavy (non-hydrogen) atoms. The Morgan fingerprint density at radius 3 is 2.74 bits per heavy atom. The number of halogens is 1. The van der Waals surface area contributed by atoms with E-state index in [-0.39, 0.29) is 11.5 Å². The minimum atomic E-state index is -0.523. The van der Waals surface area contributed by atoms with Crippen molar-refractivity contribution in [3.63, 3.8) is 0 Å². The first kappa shape index (κ1) is 15.7. The number of carbonyl (C=O) groups is 1. The lowest BCUT2D eigenvalue weighted by Crippen LogP contribution is -2.36. The Bertz CT molecular complexity index is 682. The van der Waals surface area contributed by atoms with E-state index in [0.717, 1.165) is 6.54 Å². The van der Waals surface area contributed by atoms with E-state index >= 15 is 0 Å². The monoisotopic (exact) mass is 316 g/mol. The smallest absolute Gasteiger partial charge is 0.258 e. The molecule has 0 aliphatic heterocycles. The molecule has 1 saturated carbocycles. The molecule has 0 saturated heterocycles. The van der Waals surface area contributed by atoms with E-state index in [4.69, 9.17) is 0 Å². The van der Waals surface area contributed by atoms with Gasteiger partial charge in [0.15, 0.2) is 0 Å². The lowest BCUT2D eigenvalue weighted by atomic mass is 10.1. The van der Waals surface area contributed by atoms with Crippen LogP contribution in [0.15, 0.2) is 36.7 Å². The molecule has 1 aromatic carbocycles. The van der Waals surface area contributed by atoms with Gasteiger partial charge in [0.25, 0.3) is 5.91 Å². The van der Waals surface area contributed by atoms with Gasteiger partial charge < -0.3 is 9.80 Å². The Labute approximate surface area is 135 Å². The molecular weight excluding hydrogens is 295 g/mol. The molecular formula is C17H21FN4O. The summed E-state index contributed by atoms with van der Waals surface area (Å²) in [5.74, 6) is -0.844. The lowest BCUT2D eigenvalue weighted by molar-refractivity contribution is 0.0776. The van der Waals surface area contributed by atoms with E-state index in [9.17, 15) is 9.18 Å². The van der Waals surface area contributed by atoms with E-state index in [1.165, 1.54) is 23.6 Å². The quantitative estimate of drug-likeness (QED) is 0.820. The standard InChI is InChI=1S/C17H21FN4O/c1-20(13-7-8-13)11-12-21(2)17(23)16-14(18)5-3-6-15(16)22-10-4-9-19-22/h3-6,9-10,13H,7-8,11-12H2,1-2H3. The summed E-state index contributed by atoms with van der Waals surface area (Å²) in [7, 11) is 3.77. The molecule has 2 aromatic rings. The number of hydrogen-bond acceptors (Lipinski definition) is 3. The van der Waals surface area contributed by atoms with Crippen molar-refractivity contribution >= 4 is 5.91 Å². The molecule has 3 rings (SSSR count). The van der Waals surface area contributed by atoms with Crippen LogP contribution in [0.2, 0.25) is 0 Å². The molecule has 0 atom stereocenters. The molecule has 1 aliphatic rings. The van der Waals surface area contributed by atoms with Gasteiger partial charge in [0.2, 0.25) is 0 Å². The largest absolute Gasteiger partial charge is 0.340 e. The van der Waals surface area contributed by atoms with Crippen LogP contribution in [-0.2, 0) is 0 Å². The highest BCUT2D eigenvalue weighted by molar-refractivity contribution is 5.97. The topological polar surface area (TPSA) is 41.4 Å². The van der Waals surface area contributed by atoms with E-state index in [1.54, 1.807) is 42.5 Å². The molecule has 6 heteroatoms. The Kier molecular flexibility index (Phi) is 4.43. The zero-order valence-corrected chi connectivity index (χ0v) is 13.4. The zero-order chi connectivity index (χ0) is 16.4. The summed E-state index contributed by atoms with van der Waals surface area (Å²) in [6, 6.07) is 6.99. The van der Waals surface area contributed by atoms with Crippen LogP contribution < -0.4 is 0 Å². The van der Waals surface area contributed by atoms with Crippen molar-refractivity contribution in [2.75, 3.05) is 27.2 Å². The molecule has 5 nitrogen and oxygen atoms in total. The summed E-state index contributed by atoms with van der Waals surface area (Å²) in [6.45, 7) is 1.36. The Morgan fingerprint density at radius 1 is 1.30 bits per heavy atom. The van der Waals surface area contributed by atoms with Crippen molar-refractivity contribution in [3.8, 4) is 5.69 Å². The van der Waals surface area contributed by atoms with Crippen molar-refractivity contribution < 1.29 is 9.18 Å². The van der Waals surface area contributed by atoms with Gasteiger partial charge in [-0.2, -0.15) is 5.10 Å². The second kappa shape index (κ2) is 6.50. The molecule has 122 valence electrons. The maximum Gasteiger partial charge on any atom is 0.258 e. The first-order chi connectivity index (χ1) is 11.1. The summed E-state index contributed by atoms with van der Waals surface area (Å²) in [5, 5.41) is 4.11. The van der Waals surface area contributed by atoms with Gasteiger partial charge in [-0.25, -0.2) is 9.07 Å². The van der Waals surface area contributed by atoms with Gasteiger partial charge in [0.05, 0.1) is 5.69 Å². The van der Waals surface area contributed by atoms with Crippen LogP contribution in [0.4, 0.5) is 4.39 Å². The van der Waals surface area contributed by atoms with E-state index in [1.807, 2.05) is 0 Å². The van der Waals surface area contributed by atoms with Crippen LogP contribution >= 0.6 is 0 Å². The average molecular weight is 316 g/mol. The normalized spacial score (nSPS) is 14.3. The predicted octanol–water partition coefficient (Wildman–Crippen LogP) is 2.18. The van der Waals surface area contributed by atoms with E-state index < -0.39 is 5.82 Å². The number of nitrogens with zero attached hydrogens (tertiary/aromatic N) is 4. The molecule has 1 fully saturated rings. The summed E-state index contributed by atoms with van der Waals surface area (Å²) < 4.78 is 15.8. The zero-order valence-electron chi connectivity index (χ0n) is 13.4. The van der Waals surface area contributed by atoms with Gasteiger partial charge in [-0.1, -0.05) is 6.07 Å². The highest BCUT2D eigenvalue weighted by Crippen LogP contribution is 2.25. The van der Waals surface area contributed by atoms with Gasteiger partial charge in [0.1, 0.15) is 11.4 Å². The van der Waals surface area contributed by atoms with Crippen LogP contribution in [0.5, 0.6) is 0 Å². The lowest BCUT2D eigenvalue weighted by Gasteiger charge is -2.23. The number of benzene rings is 1. The van der Waals surface area contributed by atoms with Crippen LogP contribution in [0.1, 0.15) is 23.2 Å².